The highest BCUT2D eigenvalue weighted by molar-refractivity contribution is 5.72. The molecule has 1 N–H and O–H groups in total. The summed E-state index contributed by atoms with van der Waals surface area (Å²) in [5.41, 5.74) is 2.63. The van der Waals surface area contributed by atoms with Gasteiger partial charge in [-0.3, -0.25) is 4.79 Å². The van der Waals surface area contributed by atoms with Crippen molar-refractivity contribution < 1.29 is 24.1 Å². The SMILES string of the molecule is O=Cc1ccc2n1C[C@@]1(C[C@H](OCc3ccccc3)[C@@H](CO)O1)OC2. The summed E-state index contributed by atoms with van der Waals surface area (Å²) in [4.78, 5) is 11.2. The van der Waals surface area contributed by atoms with Crippen molar-refractivity contribution in [2.75, 3.05) is 6.61 Å². The topological polar surface area (TPSA) is 69.9 Å². The number of carbonyl (C=O) groups excluding carboxylic acids is 1. The van der Waals surface area contributed by atoms with E-state index in [1.165, 1.54) is 0 Å². The average molecular weight is 343 g/mol. The number of ether oxygens (including phenoxy) is 3. The van der Waals surface area contributed by atoms with E-state index in [2.05, 4.69) is 0 Å². The molecule has 0 unspecified atom stereocenters. The molecule has 132 valence electrons. The van der Waals surface area contributed by atoms with Crippen LogP contribution in [0.2, 0.25) is 0 Å². The Morgan fingerprint density at radius 3 is 2.88 bits per heavy atom. The summed E-state index contributed by atoms with van der Waals surface area (Å²) in [6, 6.07) is 13.6. The van der Waals surface area contributed by atoms with Crippen LogP contribution in [-0.4, -0.2) is 40.6 Å². The molecule has 3 atom stereocenters. The molecule has 6 heteroatoms. The Morgan fingerprint density at radius 1 is 1.28 bits per heavy atom. The van der Waals surface area contributed by atoms with Crippen molar-refractivity contribution in [3.63, 3.8) is 0 Å². The minimum Gasteiger partial charge on any atom is -0.394 e. The third-order valence-corrected chi connectivity index (χ3v) is 4.89. The highest BCUT2D eigenvalue weighted by atomic mass is 16.7. The molecule has 0 radical (unpaired) electrons. The summed E-state index contributed by atoms with van der Waals surface area (Å²) >= 11 is 0. The molecule has 2 aliphatic heterocycles. The summed E-state index contributed by atoms with van der Waals surface area (Å²) in [6.07, 6.45) is 0.647. The average Bonchev–Trinajstić information content (AvgIpc) is 3.21. The van der Waals surface area contributed by atoms with Crippen molar-refractivity contribution in [1.82, 2.24) is 4.57 Å². The number of aldehydes is 1. The number of carbonyl (C=O) groups is 1. The standard InChI is InChI=1S/C19H21NO5/c21-9-15-6-7-16-12-24-19(13-20(15)16)8-17(18(10-22)25-19)23-11-14-4-2-1-3-5-14/h1-7,9,17-18,22H,8,10-13H2/t17-,18+,19-/m0/s1. The van der Waals surface area contributed by atoms with E-state index in [9.17, 15) is 9.90 Å². The Bertz CT molecular complexity index is 744. The van der Waals surface area contributed by atoms with Crippen molar-refractivity contribution in [2.24, 2.45) is 0 Å². The van der Waals surface area contributed by atoms with Crippen LogP contribution >= 0.6 is 0 Å². The minimum absolute atomic E-state index is 0.135. The molecule has 0 saturated carbocycles. The lowest BCUT2D eigenvalue weighted by Gasteiger charge is -2.35. The maximum Gasteiger partial charge on any atom is 0.189 e. The van der Waals surface area contributed by atoms with E-state index in [0.717, 1.165) is 17.5 Å². The molecule has 1 saturated heterocycles. The Morgan fingerprint density at radius 2 is 2.12 bits per heavy atom. The quantitative estimate of drug-likeness (QED) is 0.840. The molecule has 2 aromatic rings. The van der Waals surface area contributed by atoms with Crippen molar-refractivity contribution in [3.8, 4) is 0 Å². The van der Waals surface area contributed by atoms with Crippen LogP contribution < -0.4 is 0 Å². The van der Waals surface area contributed by atoms with E-state index in [1.807, 2.05) is 41.0 Å². The van der Waals surface area contributed by atoms with Gasteiger partial charge in [0.1, 0.15) is 6.10 Å². The molecule has 4 rings (SSSR count). The summed E-state index contributed by atoms with van der Waals surface area (Å²) < 4.78 is 19.9. The van der Waals surface area contributed by atoms with Crippen LogP contribution in [0.25, 0.3) is 0 Å². The second-order valence-electron chi connectivity index (χ2n) is 6.53. The number of rotatable bonds is 5. The van der Waals surface area contributed by atoms with Crippen molar-refractivity contribution in [2.45, 2.75) is 44.2 Å². The molecule has 2 aliphatic rings. The van der Waals surface area contributed by atoms with Gasteiger partial charge in [-0.1, -0.05) is 30.3 Å². The first-order valence-corrected chi connectivity index (χ1v) is 8.45. The first kappa shape index (κ1) is 16.5. The number of aromatic nitrogens is 1. The van der Waals surface area contributed by atoms with Gasteiger partial charge in [0.15, 0.2) is 12.1 Å². The van der Waals surface area contributed by atoms with E-state index in [-0.39, 0.29) is 12.7 Å². The van der Waals surface area contributed by atoms with Gasteiger partial charge in [-0.25, -0.2) is 0 Å². The first-order chi connectivity index (χ1) is 12.2. The predicted octanol–water partition coefficient (Wildman–Crippen LogP) is 1.89. The number of aliphatic hydroxyl groups excluding tert-OH is 1. The molecular formula is C19H21NO5. The van der Waals surface area contributed by atoms with Crippen LogP contribution in [0.5, 0.6) is 0 Å². The van der Waals surface area contributed by atoms with Crippen LogP contribution in [-0.2, 0) is 34.0 Å². The molecule has 6 nitrogen and oxygen atoms in total. The smallest absolute Gasteiger partial charge is 0.189 e. The molecule has 1 fully saturated rings. The van der Waals surface area contributed by atoms with E-state index in [4.69, 9.17) is 14.2 Å². The van der Waals surface area contributed by atoms with Crippen LogP contribution in [0.3, 0.4) is 0 Å². The van der Waals surface area contributed by atoms with E-state index < -0.39 is 11.9 Å². The van der Waals surface area contributed by atoms with Crippen LogP contribution in [0.1, 0.15) is 28.2 Å². The maximum absolute atomic E-state index is 11.2. The van der Waals surface area contributed by atoms with E-state index >= 15 is 0 Å². The third-order valence-electron chi connectivity index (χ3n) is 4.89. The van der Waals surface area contributed by atoms with Gasteiger partial charge in [0.25, 0.3) is 0 Å². The number of fused-ring (bicyclic) bond motifs is 1. The molecule has 1 spiro atoms. The minimum atomic E-state index is -0.863. The second kappa shape index (κ2) is 6.72. The summed E-state index contributed by atoms with van der Waals surface area (Å²) in [5, 5.41) is 9.68. The zero-order valence-electron chi connectivity index (χ0n) is 13.8. The monoisotopic (exact) mass is 343 g/mol. The Balaban J connectivity index is 1.48. The largest absolute Gasteiger partial charge is 0.394 e. The molecule has 0 aliphatic carbocycles. The lowest BCUT2D eigenvalue weighted by molar-refractivity contribution is -0.255. The normalized spacial score (nSPS) is 28.2. The number of benzene rings is 1. The summed E-state index contributed by atoms with van der Waals surface area (Å²) in [7, 11) is 0. The molecule has 3 heterocycles. The van der Waals surface area contributed by atoms with Gasteiger partial charge in [0, 0.05) is 12.1 Å². The second-order valence-corrected chi connectivity index (χ2v) is 6.53. The van der Waals surface area contributed by atoms with Crippen molar-refractivity contribution in [1.29, 1.82) is 0 Å². The van der Waals surface area contributed by atoms with Crippen LogP contribution in [0, 0.1) is 0 Å². The van der Waals surface area contributed by atoms with Gasteiger partial charge >= 0.3 is 0 Å². The fourth-order valence-corrected chi connectivity index (χ4v) is 3.57. The third kappa shape index (κ3) is 3.14. The number of aliphatic hydroxyl groups is 1. The van der Waals surface area contributed by atoms with Crippen molar-refractivity contribution in [3.05, 3.63) is 59.4 Å². The molecular weight excluding hydrogens is 322 g/mol. The summed E-state index contributed by atoms with van der Waals surface area (Å²) in [6.45, 7) is 1.11. The molecule has 25 heavy (non-hydrogen) atoms. The van der Waals surface area contributed by atoms with Gasteiger partial charge in [-0.15, -0.1) is 0 Å². The zero-order chi connectivity index (χ0) is 17.3. The summed E-state index contributed by atoms with van der Waals surface area (Å²) in [5.74, 6) is -0.863. The number of hydrogen-bond acceptors (Lipinski definition) is 5. The highest BCUT2D eigenvalue weighted by Crippen LogP contribution is 2.39. The molecule has 0 amide bonds. The van der Waals surface area contributed by atoms with E-state index in [1.54, 1.807) is 6.07 Å². The Labute approximate surface area is 145 Å². The van der Waals surface area contributed by atoms with Gasteiger partial charge in [0.05, 0.1) is 38.2 Å². The van der Waals surface area contributed by atoms with Gasteiger partial charge in [-0.05, 0) is 17.7 Å². The van der Waals surface area contributed by atoms with Crippen LogP contribution in [0.4, 0.5) is 0 Å². The fraction of sp³-hybridized carbons (Fsp3) is 0.421. The van der Waals surface area contributed by atoms with Gasteiger partial charge < -0.3 is 23.9 Å². The maximum atomic E-state index is 11.2. The number of hydrogen-bond donors (Lipinski definition) is 1. The predicted molar refractivity (Wildman–Crippen MR) is 88.9 cm³/mol. The Hall–Kier alpha value is -1.99. The highest BCUT2D eigenvalue weighted by Gasteiger charge is 2.50. The first-order valence-electron chi connectivity index (χ1n) is 8.45. The van der Waals surface area contributed by atoms with E-state index in [0.29, 0.717) is 31.9 Å². The fourth-order valence-electron chi connectivity index (χ4n) is 3.57. The van der Waals surface area contributed by atoms with Gasteiger partial charge in [-0.2, -0.15) is 0 Å². The van der Waals surface area contributed by atoms with Crippen molar-refractivity contribution >= 4 is 6.29 Å². The zero-order valence-corrected chi connectivity index (χ0v) is 13.8. The number of nitrogens with zero attached hydrogens (tertiary/aromatic N) is 1. The Kier molecular flexibility index (Phi) is 4.43. The van der Waals surface area contributed by atoms with Crippen LogP contribution in [0.15, 0.2) is 42.5 Å². The van der Waals surface area contributed by atoms with Gasteiger partial charge in [0.2, 0.25) is 0 Å². The molecule has 1 aromatic carbocycles. The molecule has 1 aromatic heterocycles. The lowest BCUT2D eigenvalue weighted by Crippen LogP contribution is -2.42. The lowest BCUT2D eigenvalue weighted by atomic mass is 10.1. The molecule has 0 bridgehead atoms.